The van der Waals surface area contributed by atoms with Crippen LogP contribution >= 0.6 is 11.6 Å². The fourth-order valence-corrected chi connectivity index (χ4v) is 2.04. The summed E-state index contributed by atoms with van der Waals surface area (Å²) in [6, 6.07) is 7.35. The van der Waals surface area contributed by atoms with Gasteiger partial charge in [0, 0.05) is 18.1 Å². The summed E-state index contributed by atoms with van der Waals surface area (Å²) in [7, 11) is 0. The quantitative estimate of drug-likeness (QED) is 0.786. The van der Waals surface area contributed by atoms with Gasteiger partial charge in [0.2, 0.25) is 0 Å². The molecule has 2 N–H and O–H groups in total. The lowest BCUT2D eigenvalue weighted by Gasteiger charge is -2.21. The minimum absolute atomic E-state index is 0.149. The van der Waals surface area contributed by atoms with Crippen molar-refractivity contribution in [2.75, 3.05) is 26.2 Å². The Labute approximate surface area is 108 Å². The van der Waals surface area contributed by atoms with Gasteiger partial charge in [0.1, 0.15) is 0 Å². The van der Waals surface area contributed by atoms with Gasteiger partial charge in [-0.1, -0.05) is 36.7 Å². The highest BCUT2D eigenvalue weighted by molar-refractivity contribution is 6.31. The minimum Gasteiger partial charge on any atom is -0.395 e. The zero-order valence-corrected chi connectivity index (χ0v) is 10.9. The van der Waals surface area contributed by atoms with Crippen LogP contribution in [0.4, 0.5) is 0 Å². The van der Waals surface area contributed by atoms with E-state index in [1.54, 1.807) is 6.07 Å². The number of aliphatic hydroxyl groups excluding tert-OH is 2. The van der Waals surface area contributed by atoms with Gasteiger partial charge in [-0.3, -0.25) is 0 Å². The maximum atomic E-state index is 10.0. The van der Waals surface area contributed by atoms with Gasteiger partial charge in [-0.05, 0) is 24.6 Å². The molecule has 0 bridgehead atoms. The highest BCUT2D eigenvalue weighted by Crippen LogP contribution is 2.24. The highest BCUT2D eigenvalue weighted by atomic mass is 35.5. The molecule has 0 aliphatic rings. The molecular weight excluding hydrogens is 238 g/mol. The molecule has 0 fully saturated rings. The van der Waals surface area contributed by atoms with Gasteiger partial charge in [0.15, 0.2) is 0 Å². The summed E-state index contributed by atoms with van der Waals surface area (Å²) in [6.07, 6.45) is 0.0776. The number of rotatable bonds is 7. The third-order valence-corrected chi connectivity index (χ3v) is 3.19. The SMILES string of the molecule is CCN(CCO)CCC(O)c1ccccc1Cl. The van der Waals surface area contributed by atoms with Crippen LogP contribution in [0, 0.1) is 0 Å². The smallest absolute Gasteiger partial charge is 0.0816 e. The standard InChI is InChI=1S/C13H20ClNO2/c1-2-15(9-10-16)8-7-13(17)11-5-3-4-6-12(11)14/h3-6,13,16-17H,2,7-10H2,1H3. The number of halogens is 1. The molecule has 4 heteroatoms. The first-order valence-corrected chi connectivity index (χ1v) is 6.32. The predicted molar refractivity (Wildman–Crippen MR) is 70.2 cm³/mol. The second kappa shape index (κ2) is 7.67. The lowest BCUT2D eigenvalue weighted by Crippen LogP contribution is -2.28. The third-order valence-electron chi connectivity index (χ3n) is 2.85. The molecule has 3 nitrogen and oxygen atoms in total. The van der Waals surface area contributed by atoms with E-state index in [0.29, 0.717) is 18.0 Å². The first-order chi connectivity index (χ1) is 8.19. The first kappa shape index (κ1) is 14.5. The largest absolute Gasteiger partial charge is 0.395 e. The Hall–Kier alpha value is -0.610. The monoisotopic (exact) mass is 257 g/mol. The predicted octanol–water partition coefficient (Wildman–Crippen LogP) is 2.08. The number of nitrogens with zero attached hydrogens (tertiary/aromatic N) is 1. The topological polar surface area (TPSA) is 43.7 Å². The number of hydrogen-bond acceptors (Lipinski definition) is 3. The Morgan fingerprint density at radius 2 is 2.00 bits per heavy atom. The van der Waals surface area contributed by atoms with E-state index in [2.05, 4.69) is 4.90 Å². The van der Waals surface area contributed by atoms with Gasteiger partial charge >= 0.3 is 0 Å². The van der Waals surface area contributed by atoms with Crippen molar-refractivity contribution >= 4 is 11.6 Å². The first-order valence-electron chi connectivity index (χ1n) is 5.94. The van der Waals surface area contributed by atoms with Crippen LogP contribution in [0.1, 0.15) is 25.0 Å². The molecule has 1 atom stereocenters. The Kier molecular flexibility index (Phi) is 6.52. The average molecular weight is 258 g/mol. The lowest BCUT2D eigenvalue weighted by molar-refractivity contribution is 0.133. The molecule has 0 aliphatic carbocycles. The van der Waals surface area contributed by atoms with Crippen LogP contribution in [0.2, 0.25) is 5.02 Å². The molecule has 0 radical (unpaired) electrons. The van der Waals surface area contributed by atoms with Gasteiger partial charge in [0.05, 0.1) is 12.7 Å². The summed E-state index contributed by atoms with van der Waals surface area (Å²) in [5.74, 6) is 0. The molecule has 0 saturated carbocycles. The Morgan fingerprint density at radius 1 is 1.29 bits per heavy atom. The van der Waals surface area contributed by atoms with E-state index < -0.39 is 6.10 Å². The summed E-state index contributed by atoms with van der Waals surface area (Å²) in [6.45, 7) is 4.46. The van der Waals surface area contributed by atoms with E-state index in [-0.39, 0.29) is 6.61 Å². The molecule has 1 aromatic carbocycles. The van der Waals surface area contributed by atoms with Crippen molar-refractivity contribution in [2.45, 2.75) is 19.4 Å². The average Bonchev–Trinajstić information content (AvgIpc) is 2.34. The summed E-state index contributed by atoms with van der Waals surface area (Å²) >= 11 is 6.02. The Morgan fingerprint density at radius 3 is 2.59 bits per heavy atom. The summed E-state index contributed by atoms with van der Waals surface area (Å²) in [4.78, 5) is 2.10. The van der Waals surface area contributed by atoms with Crippen LogP contribution < -0.4 is 0 Å². The van der Waals surface area contributed by atoms with Crippen molar-refractivity contribution in [1.29, 1.82) is 0 Å². The Balaban J connectivity index is 2.49. The second-order valence-electron chi connectivity index (χ2n) is 3.98. The van der Waals surface area contributed by atoms with E-state index >= 15 is 0 Å². The molecule has 0 aliphatic heterocycles. The Bertz CT molecular complexity index is 333. The van der Waals surface area contributed by atoms with Crippen molar-refractivity contribution in [3.8, 4) is 0 Å². The third kappa shape index (κ3) is 4.64. The van der Waals surface area contributed by atoms with Gasteiger partial charge < -0.3 is 15.1 Å². The van der Waals surface area contributed by atoms with Crippen LogP contribution in [-0.2, 0) is 0 Å². The zero-order valence-electron chi connectivity index (χ0n) is 10.1. The van der Waals surface area contributed by atoms with Crippen molar-refractivity contribution in [1.82, 2.24) is 4.90 Å². The second-order valence-corrected chi connectivity index (χ2v) is 4.39. The molecule has 0 amide bonds. The summed E-state index contributed by atoms with van der Waals surface area (Å²) in [5.41, 5.74) is 0.772. The normalized spacial score (nSPS) is 13.0. The molecule has 0 saturated heterocycles. The molecular formula is C13H20ClNO2. The molecule has 1 unspecified atom stereocenters. The fraction of sp³-hybridized carbons (Fsp3) is 0.538. The van der Waals surface area contributed by atoms with Crippen LogP contribution in [0.5, 0.6) is 0 Å². The van der Waals surface area contributed by atoms with E-state index in [1.165, 1.54) is 0 Å². The maximum absolute atomic E-state index is 10.0. The number of aliphatic hydroxyl groups is 2. The van der Waals surface area contributed by atoms with Gasteiger partial charge in [-0.15, -0.1) is 0 Å². The zero-order chi connectivity index (χ0) is 12.7. The molecule has 96 valence electrons. The molecule has 1 aromatic rings. The van der Waals surface area contributed by atoms with E-state index in [0.717, 1.165) is 18.7 Å². The van der Waals surface area contributed by atoms with Crippen LogP contribution in [0.15, 0.2) is 24.3 Å². The van der Waals surface area contributed by atoms with Gasteiger partial charge in [-0.25, -0.2) is 0 Å². The van der Waals surface area contributed by atoms with Gasteiger partial charge in [0.25, 0.3) is 0 Å². The molecule has 0 spiro atoms. The van der Waals surface area contributed by atoms with Crippen molar-refractivity contribution in [2.24, 2.45) is 0 Å². The number of benzene rings is 1. The van der Waals surface area contributed by atoms with E-state index in [4.69, 9.17) is 16.7 Å². The summed E-state index contributed by atoms with van der Waals surface area (Å²) in [5, 5.41) is 19.5. The molecule has 0 aromatic heterocycles. The number of likely N-dealkylation sites (N-methyl/N-ethyl adjacent to an activating group) is 1. The van der Waals surface area contributed by atoms with E-state index in [1.807, 2.05) is 25.1 Å². The fourth-order valence-electron chi connectivity index (χ4n) is 1.78. The minimum atomic E-state index is -0.545. The van der Waals surface area contributed by atoms with Crippen LogP contribution in [0.25, 0.3) is 0 Å². The van der Waals surface area contributed by atoms with Crippen molar-refractivity contribution in [3.05, 3.63) is 34.9 Å². The lowest BCUT2D eigenvalue weighted by atomic mass is 10.1. The molecule has 0 heterocycles. The highest BCUT2D eigenvalue weighted by Gasteiger charge is 2.12. The molecule has 17 heavy (non-hydrogen) atoms. The van der Waals surface area contributed by atoms with Crippen molar-refractivity contribution in [3.63, 3.8) is 0 Å². The van der Waals surface area contributed by atoms with Crippen molar-refractivity contribution < 1.29 is 10.2 Å². The van der Waals surface area contributed by atoms with Crippen LogP contribution in [-0.4, -0.2) is 41.4 Å². The van der Waals surface area contributed by atoms with Gasteiger partial charge in [-0.2, -0.15) is 0 Å². The van der Waals surface area contributed by atoms with E-state index in [9.17, 15) is 5.11 Å². The summed E-state index contributed by atoms with van der Waals surface area (Å²) < 4.78 is 0. The maximum Gasteiger partial charge on any atom is 0.0816 e. The number of hydrogen-bond donors (Lipinski definition) is 2. The molecule has 1 rings (SSSR count). The van der Waals surface area contributed by atoms with Crippen LogP contribution in [0.3, 0.4) is 0 Å².